The van der Waals surface area contributed by atoms with E-state index in [1.165, 1.54) is 4.90 Å². The third-order valence-electron chi connectivity index (χ3n) is 3.58. The van der Waals surface area contributed by atoms with Crippen LogP contribution in [0.1, 0.15) is 63.6 Å². The Labute approximate surface area is 133 Å². The van der Waals surface area contributed by atoms with Gasteiger partial charge in [-0.05, 0) is 19.4 Å². The molecule has 0 radical (unpaired) electrons. The summed E-state index contributed by atoms with van der Waals surface area (Å²) in [6.45, 7) is 7.33. The number of H-pyrrole nitrogens is 1. The minimum atomic E-state index is -1.09. The zero-order chi connectivity index (χ0) is 17.3. The first-order valence-electron chi connectivity index (χ1n) is 7.22. The number of nitrogens with zero attached hydrogens (tertiary/aromatic N) is 3. The van der Waals surface area contributed by atoms with Crippen molar-refractivity contribution in [3.05, 3.63) is 34.2 Å². The van der Waals surface area contributed by atoms with Gasteiger partial charge in [-0.15, -0.1) is 0 Å². The molecule has 0 aliphatic rings. The molecule has 0 saturated heterocycles. The van der Waals surface area contributed by atoms with Gasteiger partial charge in [0.25, 0.3) is 5.91 Å². The van der Waals surface area contributed by atoms with Crippen molar-refractivity contribution in [2.45, 2.75) is 40.2 Å². The number of aromatic nitrogens is 3. The lowest BCUT2D eigenvalue weighted by Crippen LogP contribution is -2.27. The van der Waals surface area contributed by atoms with Crippen LogP contribution in [-0.2, 0) is 6.54 Å². The Balaban J connectivity index is 2.21. The van der Waals surface area contributed by atoms with Crippen molar-refractivity contribution in [2.24, 2.45) is 0 Å². The second-order valence-corrected chi connectivity index (χ2v) is 5.79. The monoisotopic (exact) mass is 320 g/mol. The highest BCUT2D eigenvalue weighted by Gasteiger charge is 2.25. The van der Waals surface area contributed by atoms with Crippen LogP contribution in [0.5, 0.6) is 0 Å². The highest BCUT2D eigenvalue weighted by Crippen LogP contribution is 2.20. The van der Waals surface area contributed by atoms with Crippen molar-refractivity contribution in [1.82, 2.24) is 20.0 Å². The predicted molar refractivity (Wildman–Crippen MR) is 81.4 cm³/mol. The molecule has 8 nitrogen and oxygen atoms in total. The number of carbonyl (C=O) groups excluding carboxylic acids is 1. The van der Waals surface area contributed by atoms with E-state index in [9.17, 15) is 9.59 Å². The van der Waals surface area contributed by atoms with E-state index in [0.29, 0.717) is 28.5 Å². The Morgan fingerprint density at radius 3 is 2.48 bits per heavy atom. The molecule has 124 valence electrons. The molecule has 0 unspecified atom stereocenters. The van der Waals surface area contributed by atoms with E-state index in [-0.39, 0.29) is 24.1 Å². The van der Waals surface area contributed by atoms with E-state index < -0.39 is 5.97 Å². The largest absolute Gasteiger partial charge is 0.477 e. The molecule has 0 aromatic carbocycles. The number of hydrogen-bond acceptors (Lipinski definition) is 5. The number of rotatable bonds is 5. The number of amides is 1. The standard InChI is InChI=1S/C15H20N4O4/c1-7(2)13-17-10(23-18-13)6-19(5)14(20)11-8(3)12(15(21)22)16-9(11)4/h7,16H,6H2,1-5H3,(H,21,22). The van der Waals surface area contributed by atoms with Gasteiger partial charge in [-0.3, -0.25) is 4.79 Å². The summed E-state index contributed by atoms with van der Waals surface area (Å²) in [5.74, 6) is -0.323. The minimum Gasteiger partial charge on any atom is -0.477 e. The number of carboxylic acids is 1. The second-order valence-electron chi connectivity index (χ2n) is 5.79. The number of aryl methyl sites for hydroxylation is 1. The van der Waals surface area contributed by atoms with Gasteiger partial charge in [0.05, 0.1) is 12.1 Å². The Hall–Kier alpha value is -2.64. The maximum absolute atomic E-state index is 12.6. The van der Waals surface area contributed by atoms with E-state index in [1.807, 2.05) is 13.8 Å². The quantitative estimate of drug-likeness (QED) is 0.872. The van der Waals surface area contributed by atoms with Gasteiger partial charge in [-0.1, -0.05) is 19.0 Å². The number of carbonyl (C=O) groups is 2. The molecular formula is C15H20N4O4. The molecular weight excluding hydrogens is 300 g/mol. The fourth-order valence-electron chi connectivity index (χ4n) is 2.32. The Kier molecular flexibility index (Phi) is 4.53. The molecule has 23 heavy (non-hydrogen) atoms. The summed E-state index contributed by atoms with van der Waals surface area (Å²) in [7, 11) is 1.61. The van der Waals surface area contributed by atoms with Gasteiger partial charge >= 0.3 is 5.97 Å². The van der Waals surface area contributed by atoms with E-state index in [4.69, 9.17) is 9.63 Å². The average Bonchev–Trinajstić information content (AvgIpc) is 3.03. The van der Waals surface area contributed by atoms with Crippen LogP contribution in [0, 0.1) is 13.8 Å². The predicted octanol–water partition coefficient (Wildman–Crippen LogP) is 2.11. The Bertz CT molecular complexity index is 745. The number of aromatic carboxylic acids is 1. The zero-order valence-corrected chi connectivity index (χ0v) is 13.8. The van der Waals surface area contributed by atoms with Crippen molar-refractivity contribution in [2.75, 3.05) is 7.05 Å². The summed E-state index contributed by atoms with van der Waals surface area (Å²) < 4.78 is 5.13. The summed E-state index contributed by atoms with van der Waals surface area (Å²) in [4.78, 5) is 32.1. The first kappa shape index (κ1) is 16.7. The van der Waals surface area contributed by atoms with Crippen LogP contribution in [0.25, 0.3) is 0 Å². The highest BCUT2D eigenvalue weighted by molar-refractivity contribution is 6.00. The first-order valence-corrected chi connectivity index (χ1v) is 7.22. The fraction of sp³-hybridized carbons (Fsp3) is 0.467. The Morgan fingerprint density at radius 2 is 2.00 bits per heavy atom. The van der Waals surface area contributed by atoms with Crippen LogP contribution < -0.4 is 0 Å². The van der Waals surface area contributed by atoms with Crippen molar-refractivity contribution in [1.29, 1.82) is 0 Å². The van der Waals surface area contributed by atoms with Crippen molar-refractivity contribution >= 4 is 11.9 Å². The van der Waals surface area contributed by atoms with Gasteiger partial charge in [0.2, 0.25) is 5.89 Å². The highest BCUT2D eigenvalue weighted by atomic mass is 16.5. The molecule has 2 aromatic rings. The molecule has 0 saturated carbocycles. The summed E-state index contributed by atoms with van der Waals surface area (Å²) in [6, 6.07) is 0. The van der Waals surface area contributed by atoms with Crippen LogP contribution in [-0.4, -0.2) is 44.1 Å². The minimum absolute atomic E-state index is 0.0270. The van der Waals surface area contributed by atoms with Gasteiger partial charge in [-0.2, -0.15) is 4.98 Å². The molecule has 2 N–H and O–H groups in total. The molecule has 1 amide bonds. The number of aromatic amines is 1. The van der Waals surface area contributed by atoms with Crippen LogP contribution in [0.2, 0.25) is 0 Å². The van der Waals surface area contributed by atoms with Crippen LogP contribution in [0.3, 0.4) is 0 Å². The molecule has 2 rings (SSSR count). The molecule has 0 atom stereocenters. The maximum atomic E-state index is 12.6. The molecule has 0 fully saturated rings. The van der Waals surface area contributed by atoms with Crippen molar-refractivity contribution < 1.29 is 19.2 Å². The van der Waals surface area contributed by atoms with E-state index in [2.05, 4.69) is 15.1 Å². The SMILES string of the molecule is Cc1[nH]c(C(=O)O)c(C)c1C(=O)N(C)Cc1nc(C(C)C)no1. The van der Waals surface area contributed by atoms with Gasteiger partial charge in [0.1, 0.15) is 5.69 Å². The smallest absolute Gasteiger partial charge is 0.352 e. The van der Waals surface area contributed by atoms with E-state index >= 15 is 0 Å². The molecule has 2 aromatic heterocycles. The molecule has 0 bridgehead atoms. The third-order valence-corrected chi connectivity index (χ3v) is 3.58. The topological polar surface area (TPSA) is 112 Å². The maximum Gasteiger partial charge on any atom is 0.352 e. The summed E-state index contributed by atoms with van der Waals surface area (Å²) in [5, 5.41) is 13.0. The summed E-state index contributed by atoms with van der Waals surface area (Å²) in [6.07, 6.45) is 0. The average molecular weight is 320 g/mol. The summed E-state index contributed by atoms with van der Waals surface area (Å²) in [5.41, 5.74) is 1.32. The molecule has 8 heteroatoms. The van der Waals surface area contributed by atoms with E-state index in [1.54, 1.807) is 20.9 Å². The lowest BCUT2D eigenvalue weighted by atomic mass is 10.1. The third kappa shape index (κ3) is 3.25. The van der Waals surface area contributed by atoms with Crippen LogP contribution in [0.15, 0.2) is 4.52 Å². The lowest BCUT2D eigenvalue weighted by Gasteiger charge is -2.15. The zero-order valence-electron chi connectivity index (χ0n) is 13.8. The lowest BCUT2D eigenvalue weighted by molar-refractivity contribution is 0.0690. The van der Waals surface area contributed by atoms with Crippen molar-refractivity contribution in [3.63, 3.8) is 0 Å². The summed E-state index contributed by atoms with van der Waals surface area (Å²) >= 11 is 0. The fourth-order valence-corrected chi connectivity index (χ4v) is 2.32. The van der Waals surface area contributed by atoms with Gasteiger partial charge in [0, 0.05) is 18.7 Å². The molecule has 0 aliphatic carbocycles. The number of carboxylic acid groups (broad SMARTS) is 1. The number of hydrogen-bond donors (Lipinski definition) is 2. The second kappa shape index (κ2) is 6.23. The normalized spacial score (nSPS) is 11.0. The van der Waals surface area contributed by atoms with Crippen LogP contribution in [0.4, 0.5) is 0 Å². The van der Waals surface area contributed by atoms with Gasteiger partial charge in [-0.25, -0.2) is 4.79 Å². The van der Waals surface area contributed by atoms with Gasteiger partial charge in [0.15, 0.2) is 5.82 Å². The van der Waals surface area contributed by atoms with Crippen LogP contribution >= 0.6 is 0 Å². The molecule has 2 heterocycles. The number of nitrogens with one attached hydrogen (secondary N) is 1. The van der Waals surface area contributed by atoms with E-state index in [0.717, 1.165) is 0 Å². The van der Waals surface area contributed by atoms with Gasteiger partial charge < -0.3 is 19.5 Å². The molecule has 0 spiro atoms. The first-order chi connectivity index (χ1) is 10.7. The molecule has 0 aliphatic heterocycles. The van der Waals surface area contributed by atoms with Crippen molar-refractivity contribution in [3.8, 4) is 0 Å². The Morgan fingerprint density at radius 1 is 1.35 bits per heavy atom.